The Morgan fingerprint density at radius 1 is 1.10 bits per heavy atom. The lowest BCUT2D eigenvalue weighted by Crippen LogP contribution is -2.47. The second kappa shape index (κ2) is 7.34. The van der Waals surface area contributed by atoms with Gasteiger partial charge in [0, 0.05) is 11.8 Å². The average Bonchev–Trinajstić information content (AvgIpc) is 3.14. The molecule has 5 rings (SSSR count). The van der Waals surface area contributed by atoms with Crippen molar-refractivity contribution < 1.29 is 19.1 Å². The smallest absolute Gasteiger partial charge is 0.328 e. The highest BCUT2D eigenvalue weighted by atomic mass is 32.2. The highest BCUT2D eigenvalue weighted by Gasteiger charge is 2.47. The lowest BCUT2D eigenvalue weighted by Gasteiger charge is -2.33. The lowest BCUT2D eigenvalue weighted by atomic mass is 10.0. The highest BCUT2D eigenvalue weighted by molar-refractivity contribution is 8.01. The molecule has 4 heterocycles. The van der Waals surface area contributed by atoms with Crippen LogP contribution in [-0.4, -0.2) is 34.3 Å². The summed E-state index contributed by atoms with van der Waals surface area (Å²) in [4.78, 5) is 35.4. The number of esters is 1. The van der Waals surface area contributed by atoms with E-state index in [1.807, 2.05) is 30.3 Å². The molecule has 0 bridgehead atoms. The van der Waals surface area contributed by atoms with Crippen molar-refractivity contribution in [3.63, 3.8) is 0 Å². The van der Waals surface area contributed by atoms with Gasteiger partial charge in [-0.1, -0.05) is 30.0 Å². The van der Waals surface area contributed by atoms with Gasteiger partial charge in [0.05, 0.1) is 25.0 Å². The summed E-state index contributed by atoms with van der Waals surface area (Å²) in [5.41, 5.74) is 1.45. The average molecular weight is 420 g/mol. The zero-order valence-corrected chi connectivity index (χ0v) is 16.6. The van der Waals surface area contributed by atoms with E-state index in [2.05, 4.69) is 15.3 Å². The number of amides is 2. The molecule has 0 fully saturated rings. The van der Waals surface area contributed by atoms with Crippen LogP contribution >= 0.6 is 11.8 Å². The molecule has 0 saturated carbocycles. The number of thioether (sulfide) groups is 1. The van der Waals surface area contributed by atoms with Crippen LogP contribution < -0.4 is 15.0 Å². The predicted octanol–water partition coefficient (Wildman–Crippen LogP) is 3.82. The SMILES string of the molecule is COC(=O)C1Sc2nccc3c2C1NC(=O)N3c1ccc(Oc2ccccc2)cn1. The van der Waals surface area contributed by atoms with Crippen LogP contribution in [0.2, 0.25) is 0 Å². The Morgan fingerprint density at radius 2 is 1.93 bits per heavy atom. The molecule has 2 atom stereocenters. The fourth-order valence-electron chi connectivity index (χ4n) is 3.54. The summed E-state index contributed by atoms with van der Waals surface area (Å²) in [6.07, 6.45) is 3.19. The number of rotatable bonds is 4. The second-order valence-electron chi connectivity index (χ2n) is 6.64. The Hall–Kier alpha value is -3.59. The summed E-state index contributed by atoms with van der Waals surface area (Å²) >= 11 is 1.29. The Morgan fingerprint density at radius 3 is 2.67 bits per heavy atom. The predicted molar refractivity (Wildman–Crippen MR) is 110 cm³/mol. The first-order chi connectivity index (χ1) is 14.7. The minimum atomic E-state index is -0.570. The van der Waals surface area contributed by atoms with Crippen molar-refractivity contribution in [2.24, 2.45) is 0 Å². The molecule has 2 unspecified atom stereocenters. The first-order valence-corrected chi connectivity index (χ1v) is 10.1. The quantitative estimate of drug-likeness (QED) is 0.641. The molecule has 30 heavy (non-hydrogen) atoms. The van der Waals surface area contributed by atoms with Crippen molar-refractivity contribution in [3.8, 4) is 11.5 Å². The number of carbonyl (C=O) groups is 2. The van der Waals surface area contributed by atoms with Gasteiger partial charge in [-0.2, -0.15) is 0 Å². The molecular weight excluding hydrogens is 404 g/mol. The van der Waals surface area contributed by atoms with E-state index in [0.717, 1.165) is 5.56 Å². The molecule has 2 amide bonds. The third-order valence-corrected chi connectivity index (χ3v) is 6.14. The molecule has 3 aromatic rings. The molecule has 2 aliphatic rings. The Bertz CT molecular complexity index is 1120. The van der Waals surface area contributed by atoms with Gasteiger partial charge in [0.15, 0.2) is 0 Å². The molecule has 0 saturated heterocycles. The zero-order valence-electron chi connectivity index (χ0n) is 15.8. The van der Waals surface area contributed by atoms with Gasteiger partial charge in [-0.15, -0.1) is 0 Å². The summed E-state index contributed by atoms with van der Waals surface area (Å²) in [6, 6.07) is 13.7. The number of benzene rings is 1. The number of anilines is 2. The molecule has 0 spiro atoms. The molecule has 150 valence electrons. The molecular formula is C21H16N4O4S. The third kappa shape index (κ3) is 3.03. The van der Waals surface area contributed by atoms with Crippen LogP contribution in [0, 0.1) is 0 Å². The second-order valence-corrected chi connectivity index (χ2v) is 7.77. The van der Waals surface area contributed by atoms with Crippen LogP contribution in [0.3, 0.4) is 0 Å². The van der Waals surface area contributed by atoms with Gasteiger partial charge in [-0.3, -0.25) is 4.79 Å². The standard InChI is InChI=1S/C21H16N4O4S/c1-28-20(26)18-17-16-14(9-10-22-19(16)30-18)25(21(27)24-17)15-8-7-13(11-23-15)29-12-5-3-2-4-6-12/h2-11,17-18H,1H3,(H,24,27). The van der Waals surface area contributed by atoms with Gasteiger partial charge < -0.3 is 14.8 Å². The molecule has 0 radical (unpaired) electrons. The van der Waals surface area contributed by atoms with Crippen molar-refractivity contribution in [1.82, 2.24) is 15.3 Å². The highest BCUT2D eigenvalue weighted by Crippen LogP contribution is 2.50. The summed E-state index contributed by atoms with van der Waals surface area (Å²) in [5.74, 6) is 1.29. The summed E-state index contributed by atoms with van der Waals surface area (Å²) in [6.45, 7) is 0. The normalized spacial score (nSPS) is 19.1. The van der Waals surface area contributed by atoms with Crippen molar-refractivity contribution in [2.45, 2.75) is 16.3 Å². The maximum absolute atomic E-state index is 12.9. The number of hydrogen-bond acceptors (Lipinski definition) is 7. The number of nitrogens with zero attached hydrogens (tertiary/aromatic N) is 3. The number of pyridine rings is 2. The van der Waals surface area contributed by atoms with Crippen molar-refractivity contribution >= 4 is 35.3 Å². The van der Waals surface area contributed by atoms with E-state index in [-0.39, 0.29) is 6.03 Å². The van der Waals surface area contributed by atoms with Crippen molar-refractivity contribution in [3.05, 3.63) is 66.5 Å². The van der Waals surface area contributed by atoms with Gasteiger partial charge in [-0.05, 0) is 30.3 Å². The summed E-state index contributed by atoms with van der Waals surface area (Å²) < 4.78 is 10.7. The summed E-state index contributed by atoms with van der Waals surface area (Å²) in [5, 5.41) is 3.02. The van der Waals surface area contributed by atoms with Crippen LogP contribution in [0.5, 0.6) is 11.5 Å². The fourth-order valence-corrected chi connectivity index (χ4v) is 4.79. The first-order valence-electron chi connectivity index (χ1n) is 9.18. The zero-order chi connectivity index (χ0) is 20.7. The maximum atomic E-state index is 12.9. The summed E-state index contributed by atoms with van der Waals surface area (Å²) in [7, 11) is 1.33. The number of urea groups is 1. The van der Waals surface area contributed by atoms with E-state index < -0.39 is 17.3 Å². The topological polar surface area (TPSA) is 93.6 Å². The van der Waals surface area contributed by atoms with Crippen molar-refractivity contribution in [2.75, 3.05) is 12.0 Å². The minimum Gasteiger partial charge on any atom is -0.468 e. The van der Waals surface area contributed by atoms with Crippen molar-refractivity contribution in [1.29, 1.82) is 0 Å². The molecule has 0 aliphatic carbocycles. The minimum absolute atomic E-state index is 0.370. The van der Waals surface area contributed by atoms with E-state index in [1.54, 1.807) is 30.6 Å². The molecule has 1 aromatic carbocycles. The van der Waals surface area contributed by atoms with E-state index >= 15 is 0 Å². The van der Waals surface area contributed by atoms with Gasteiger partial charge >= 0.3 is 12.0 Å². The number of nitrogens with one attached hydrogen (secondary N) is 1. The number of carbonyl (C=O) groups excluding carboxylic acids is 2. The molecule has 1 N–H and O–H groups in total. The van der Waals surface area contributed by atoms with E-state index in [4.69, 9.17) is 9.47 Å². The largest absolute Gasteiger partial charge is 0.468 e. The number of methoxy groups -OCH3 is 1. The van der Waals surface area contributed by atoms with Crippen LogP contribution in [-0.2, 0) is 9.53 Å². The van der Waals surface area contributed by atoms with E-state index in [9.17, 15) is 9.59 Å². The maximum Gasteiger partial charge on any atom is 0.328 e. The van der Waals surface area contributed by atoms with Crippen LogP contribution in [0.1, 0.15) is 11.6 Å². The lowest BCUT2D eigenvalue weighted by molar-refractivity contribution is -0.140. The Kier molecular flexibility index (Phi) is 4.51. The fraction of sp³-hybridized carbons (Fsp3) is 0.143. The molecule has 8 nitrogen and oxygen atoms in total. The van der Waals surface area contributed by atoms with E-state index in [0.29, 0.717) is 28.0 Å². The Balaban J connectivity index is 1.47. The molecule has 2 aliphatic heterocycles. The van der Waals surface area contributed by atoms with Crippen LogP contribution in [0.4, 0.5) is 16.3 Å². The van der Waals surface area contributed by atoms with Crippen LogP contribution in [0.25, 0.3) is 0 Å². The Labute approximate surface area is 176 Å². The first kappa shape index (κ1) is 18.4. The molecule has 9 heteroatoms. The monoisotopic (exact) mass is 420 g/mol. The van der Waals surface area contributed by atoms with Gasteiger partial charge in [0.2, 0.25) is 0 Å². The number of hydrogen-bond donors (Lipinski definition) is 1. The van der Waals surface area contributed by atoms with E-state index in [1.165, 1.54) is 23.8 Å². The number of ether oxygens (including phenoxy) is 2. The van der Waals surface area contributed by atoms with Gasteiger partial charge in [0.1, 0.15) is 27.6 Å². The van der Waals surface area contributed by atoms with Crippen LogP contribution in [0.15, 0.2) is 66.0 Å². The molecule has 2 aromatic heterocycles. The van der Waals surface area contributed by atoms with Gasteiger partial charge in [-0.25, -0.2) is 19.7 Å². The number of aromatic nitrogens is 2. The number of para-hydroxylation sites is 1. The van der Waals surface area contributed by atoms with Gasteiger partial charge in [0.25, 0.3) is 0 Å². The third-order valence-electron chi connectivity index (χ3n) is 4.87.